The van der Waals surface area contributed by atoms with E-state index in [0.29, 0.717) is 6.42 Å². The number of oxazole rings is 1. The van der Waals surface area contributed by atoms with Crippen LogP contribution in [0, 0.1) is 0 Å². The largest absolute Gasteiger partial charge is 0.440 e. The van der Waals surface area contributed by atoms with Gasteiger partial charge in [-0.1, -0.05) is 30.3 Å². The molecule has 3 aromatic rings. The van der Waals surface area contributed by atoms with E-state index in [-0.39, 0.29) is 0 Å². The fourth-order valence-electron chi connectivity index (χ4n) is 1.80. The first-order chi connectivity index (χ1) is 8.92. The zero-order valence-corrected chi connectivity index (χ0v) is 9.78. The molecule has 3 nitrogen and oxygen atoms in total. The van der Waals surface area contributed by atoms with Gasteiger partial charge in [-0.15, -0.1) is 0 Å². The molecule has 2 aromatic heterocycles. The maximum absolute atomic E-state index is 5.74. The van der Waals surface area contributed by atoms with Gasteiger partial charge in [-0.3, -0.25) is 4.98 Å². The van der Waals surface area contributed by atoms with E-state index in [1.54, 1.807) is 18.6 Å². The van der Waals surface area contributed by atoms with E-state index >= 15 is 0 Å². The molecule has 0 amide bonds. The van der Waals surface area contributed by atoms with Gasteiger partial charge in [0.25, 0.3) is 0 Å². The second-order valence-electron chi connectivity index (χ2n) is 4.02. The number of benzene rings is 1. The van der Waals surface area contributed by atoms with Crippen molar-refractivity contribution in [3.63, 3.8) is 0 Å². The van der Waals surface area contributed by atoms with E-state index in [0.717, 1.165) is 22.8 Å². The average Bonchev–Trinajstić information content (AvgIpc) is 2.89. The van der Waals surface area contributed by atoms with Crippen molar-refractivity contribution in [2.75, 3.05) is 0 Å². The summed E-state index contributed by atoms with van der Waals surface area (Å²) in [5.74, 6) is 1.53. The van der Waals surface area contributed by atoms with Crippen molar-refractivity contribution in [2.45, 2.75) is 6.42 Å². The summed E-state index contributed by atoms with van der Waals surface area (Å²) in [6.45, 7) is 0. The number of rotatable bonds is 3. The Labute approximate surface area is 105 Å². The lowest BCUT2D eigenvalue weighted by atomic mass is 10.2. The molecule has 0 aliphatic rings. The summed E-state index contributed by atoms with van der Waals surface area (Å²) in [5, 5.41) is 0. The quantitative estimate of drug-likeness (QED) is 0.700. The van der Waals surface area contributed by atoms with Crippen LogP contribution in [0.5, 0.6) is 0 Å². The fourth-order valence-corrected chi connectivity index (χ4v) is 1.80. The van der Waals surface area contributed by atoms with Crippen LogP contribution in [0.25, 0.3) is 11.3 Å². The van der Waals surface area contributed by atoms with Gasteiger partial charge in [0.1, 0.15) is 0 Å². The van der Waals surface area contributed by atoms with Gasteiger partial charge in [0.05, 0.1) is 6.20 Å². The minimum atomic E-state index is 0.690. The highest BCUT2D eigenvalue weighted by atomic mass is 16.4. The smallest absolute Gasteiger partial charge is 0.199 e. The Balaban J connectivity index is 1.82. The van der Waals surface area contributed by atoms with Crippen molar-refractivity contribution in [1.82, 2.24) is 9.97 Å². The lowest BCUT2D eigenvalue weighted by Gasteiger charge is -1.96. The summed E-state index contributed by atoms with van der Waals surface area (Å²) < 4.78 is 5.74. The van der Waals surface area contributed by atoms with Gasteiger partial charge in [-0.2, -0.15) is 0 Å². The molecule has 0 bridgehead atoms. The molecule has 0 atom stereocenters. The molecule has 0 aliphatic heterocycles. The number of hydrogen-bond acceptors (Lipinski definition) is 3. The topological polar surface area (TPSA) is 38.9 Å². The van der Waals surface area contributed by atoms with Crippen LogP contribution >= 0.6 is 0 Å². The predicted octanol–water partition coefficient (Wildman–Crippen LogP) is 3.33. The van der Waals surface area contributed by atoms with E-state index in [4.69, 9.17) is 4.42 Å². The third-order valence-electron chi connectivity index (χ3n) is 2.72. The average molecular weight is 236 g/mol. The standard InChI is InChI=1S/C15H12N2O/c1-2-4-13(5-3-1)14-11-17-15(18-14)10-12-6-8-16-9-7-12/h1-9,11H,10H2. The molecule has 3 rings (SSSR count). The van der Waals surface area contributed by atoms with Crippen molar-refractivity contribution in [1.29, 1.82) is 0 Å². The van der Waals surface area contributed by atoms with Gasteiger partial charge in [-0.25, -0.2) is 4.98 Å². The summed E-state index contributed by atoms with van der Waals surface area (Å²) >= 11 is 0. The monoisotopic (exact) mass is 236 g/mol. The predicted molar refractivity (Wildman–Crippen MR) is 69.0 cm³/mol. The van der Waals surface area contributed by atoms with Gasteiger partial charge in [0.15, 0.2) is 11.7 Å². The molecule has 3 heteroatoms. The zero-order valence-electron chi connectivity index (χ0n) is 9.78. The zero-order chi connectivity index (χ0) is 12.2. The normalized spacial score (nSPS) is 10.4. The lowest BCUT2D eigenvalue weighted by Crippen LogP contribution is -1.87. The molecule has 2 heterocycles. The molecule has 0 saturated heterocycles. The van der Waals surface area contributed by atoms with Crippen LogP contribution in [0.1, 0.15) is 11.5 Å². The Bertz CT molecular complexity index is 617. The number of nitrogens with zero attached hydrogens (tertiary/aromatic N) is 2. The van der Waals surface area contributed by atoms with Gasteiger partial charge in [0.2, 0.25) is 0 Å². The minimum Gasteiger partial charge on any atom is -0.440 e. The van der Waals surface area contributed by atoms with Crippen molar-refractivity contribution < 1.29 is 4.42 Å². The molecule has 0 unspecified atom stereocenters. The SMILES string of the molecule is c1ccc(-c2cnc(Cc3ccncc3)o2)cc1. The second kappa shape index (κ2) is 4.84. The first kappa shape index (κ1) is 10.7. The van der Waals surface area contributed by atoms with Crippen LogP contribution in [0.2, 0.25) is 0 Å². The Morgan fingerprint density at radius 3 is 2.50 bits per heavy atom. The van der Waals surface area contributed by atoms with Crippen molar-refractivity contribution in [3.8, 4) is 11.3 Å². The summed E-state index contributed by atoms with van der Waals surface area (Å²) in [6.07, 6.45) is 6.01. The van der Waals surface area contributed by atoms with Crippen molar-refractivity contribution in [3.05, 3.63) is 72.5 Å². The molecule has 1 aromatic carbocycles. The van der Waals surface area contributed by atoms with Crippen molar-refractivity contribution in [2.24, 2.45) is 0 Å². The molecule has 88 valence electrons. The molecule has 18 heavy (non-hydrogen) atoms. The summed E-state index contributed by atoms with van der Waals surface area (Å²) in [6, 6.07) is 13.9. The van der Waals surface area contributed by atoms with Gasteiger partial charge >= 0.3 is 0 Å². The Kier molecular flexibility index (Phi) is 2.88. The van der Waals surface area contributed by atoms with E-state index in [9.17, 15) is 0 Å². The highest BCUT2D eigenvalue weighted by Gasteiger charge is 2.06. The van der Waals surface area contributed by atoms with Gasteiger partial charge in [0, 0.05) is 24.4 Å². The first-order valence-electron chi connectivity index (χ1n) is 5.81. The van der Waals surface area contributed by atoms with Crippen LogP contribution < -0.4 is 0 Å². The highest BCUT2D eigenvalue weighted by Crippen LogP contribution is 2.20. The third kappa shape index (κ3) is 2.30. The maximum atomic E-state index is 5.74. The van der Waals surface area contributed by atoms with Crippen LogP contribution in [0.3, 0.4) is 0 Å². The minimum absolute atomic E-state index is 0.690. The Hall–Kier alpha value is -2.42. The molecule has 0 saturated carbocycles. The van der Waals surface area contributed by atoms with Gasteiger partial charge < -0.3 is 4.42 Å². The molecule has 0 fully saturated rings. The second-order valence-corrected chi connectivity index (χ2v) is 4.02. The number of hydrogen-bond donors (Lipinski definition) is 0. The molecule has 0 spiro atoms. The number of aromatic nitrogens is 2. The Morgan fingerprint density at radius 1 is 0.944 bits per heavy atom. The fraction of sp³-hybridized carbons (Fsp3) is 0.0667. The maximum Gasteiger partial charge on any atom is 0.199 e. The van der Waals surface area contributed by atoms with Crippen LogP contribution in [-0.4, -0.2) is 9.97 Å². The van der Waals surface area contributed by atoms with E-state index < -0.39 is 0 Å². The summed E-state index contributed by atoms with van der Waals surface area (Å²) in [4.78, 5) is 8.29. The van der Waals surface area contributed by atoms with Crippen LogP contribution in [0.15, 0.2) is 65.5 Å². The Morgan fingerprint density at radius 2 is 1.72 bits per heavy atom. The van der Waals surface area contributed by atoms with Gasteiger partial charge in [-0.05, 0) is 17.7 Å². The van der Waals surface area contributed by atoms with Crippen LogP contribution in [0.4, 0.5) is 0 Å². The van der Waals surface area contributed by atoms with Crippen molar-refractivity contribution >= 4 is 0 Å². The first-order valence-corrected chi connectivity index (χ1v) is 5.81. The van der Waals surface area contributed by atoms with Crippen LogP contribution in [-0.2, 0) is 6.42 Å². The lowest BCUT2D eigenvalue weighted by molar-refractivity contribution is 0.519. The molecule has 0 aliphatic carbocycles. The van der Waals surface area contributed by atoms with E-state index in [2.05, 4.69) is 9.97 Å². The molecular formula is C15H12N2O. The highest BCUT2D eigenvalue weighted by molar-refractivity contribution is 5.55. The summed E-state index contributed by atoms with van der Waals surface area (Å²) in [7, 11) is 0. The number of pyridine rings is 1. The molecular weight excluding hydrogens is 224 g/mol. The third-order valence-corrected chi connectivity index (χ3v) is 2.72. The molecule has 0 N–H and O–H groups in total. The van der Waals surface area contributed by atoms with E-state index in [1.807, 2.05) is 42.5 Å². The van der Waals surface area contributed by atoms with E-state index in [1.165, 1.54) is 0 Å². The molecule has 0 radical (unpaired) electrons. The summed E-state index contributed by atoms with van der Waals surface area (Å²) in [5.41, 5.74) is 2.19.